The van der Waals surface area contributed by atoms with Gasteiger partial charge in [0.05, 0.1) is 25.2 Å². The Hall–Kier alpha value is -1.48. The van der Waals surface area contributed by atoms with Crippen LogP contribution in [0.5, 0.6) is 0 Å². The first kappa shape index (κ1) is 35.6. The average molecular weight is 516 g/mol. The Bertz CT molecular complexity index is 573. The number of nitrogens with two attached hydrogens (primary N) is 2. The molecule has 0 aliphatic carbocycles. The van der Waals surface area contributed by atoms with Crippen molar-refractivity contribution < 1.29 is 73.7 Å². The van der Waals surface area contributed by atoms with Crippen LogP contribution in [0.4, 0.5) is 10.3 Å². The van der Waals surface area contributed by atoms with Crippen molar-refractivity contribution in [3.8, 4) is 11.4 Å². The molecule has 0 spiro atoms. The Morgan fingerprint density at radius 1 is 0.923 bits per heavy atom. The van der Waals surface area contributed by atoms with Gasteiger partial charge in [0.25, 0.3) is 0 Å². The summed E-state index contributed by atoms with van der Waals surface area (Å²) >= 11 is 2.80. The Balaban J connectivity index is -0.0000000979. The molecule has 0 unspecified atom stereocenters. The molecule has 26 heavy (non-hydrogen) atoms. The molecule has 146 valence electrons. The van der Waals surface area contributed by atoms with Crippen molar-refractivity contribution in [2.75, 3.05) is 24.7 Å². The van der Waals surface area contributed by atoms with Crippen molar-refractivity contribution in [3.05, 3.63) is 10.8 Å². The number of carboxylic acids is 2. The van der Waals surface area contributed by atoms with E-state index in [0.29, 0.717) is 10.3 Å². The van der Waals surface area contributed by atoms with Gasteiger partial charge >= 0.3 is 27.3 Å². The van der Waals surface area contributed by atoms with Gasteiger partial charge in [0.1, 0.15) is 11.4 Å². The second kappa shape index (κ2) is 18.3. The van der Waals surface area contributed by atoms with Crippen LogP contribution in [0.2, 0.25) is 0 Å². The number of carbonyl (C=O) groups excluding carboxylic acids is 2. The van der Waals surface area contributed by atoms with E-state index in [9.17, 15) is 19.8 Å². The minimum atomic E-state index is -1.45. The fourth-order valence-electron chi connectivity index (χ4n) is 1.03. The number of nitrogen functional groups attached to an aromatic ring is 2. The summed E-state index contributed by atoms with van der Waals surface area (Å²) in [5.41, 5.74) is 12.5. The van der Waals surface area contributed by atoms with Crippen LogP contribution >= 0.6 is 22.7 Å². The smallest absolute Gasteiger partial charge is 0.548 e. The summed E-state index contributed by atoms with van der Waals surface area (Å²) < 4.78 is 4.03. The summed E-state index contributed by atoms with van der Waals surface area (Å²) in [5, 5.41) is 23.9. The van der Waals surface area contributed by atoms with Gasteiger partial charge in [-0.15, -0.1) is 22.7 Å². The maximum atomic E-state index is 9.53. The first-order valence-corrected chi connectivity index (χ1v) is 7.04. The minimum Gasteiger partial charge on any atom is -0.548 e. The standard InChI is InChI=1S/C6H6N4S2.C4H6O5.Cd.4H2O/c7-5-9-3(1-11-5)4-2-12-6(8)10-4;5-3(6)1-9-2-4(7)8;;;;;/h1-2H,(H2,7,9)(H2,8,10);1-2H2,(H,5,6)(H,7,8);;4*1H2/q;;+2;;;;/p-1. The molecule has 0 saturated heterocycles. The number of thiazole rings is 2. The van der Waals surface area contributed by atoms with E-state index in [1.54, 1.807) is 0 Å². The second-order valence-electron chi connectivity index (χ2n) is 3.38. The van der Waals surface area contributed by atoms with Gasteiger partial charge in [-0.25, -0.2) is 9.97 Å². The van der Waals surface area contributed by atoms with Gasteiger partial charge in [0.2, 0.25) is 0 Å². The summed E-state index contributed by atoms with van der Waals surface area (Å²) in [6, 6.07) is 0. The summed E-state index contributed by atoms with van der Waals surface area (Å²) in [6.07, 6.45) is 0. The molecule has 2 heterocycles. The van der Waals surface area contributed by atoms with Gasteiger partial charge in [-0.2, -0.15) is 0 Å². The fraction of sp³-hybridized carbons (Fsp3) is 0.200. The Morgan fingerprint density at radius 2 is 1.23 bits per heavy atom. The van der Waals surface area contributed by atoms with Crippen molar-refractivity contribution in [2.45, 2.75) is 0 Å². The SMILES string of the molecule is Nc1nc(-c2csc(N)n2)cs1.O.O.O.O=C([O-])COCC(=O)[O-].[Cd+2].[OH3+]. The van der Waals surface area contributed by atoms with E-state index in [2.05, 4.69) is 14.7 Å². The third kappa shape index (κ3) is 14.8. The van der Waals surface area contributed by atoms with E-state index in [4.69, 9.17) is 11.5 Å². The third-order valence-electron chi connectivity index (χ3n) is 1.75. The Labute approximate surface area is 175 Å². The van der Waals surface area contributed by atoms with E-state index >= 15 is 0 Å². The molecule has 0 atom stereocenters. The van der Waals surface area contributed by atoms with Gasteiger partial charge in [0, 0.05) is 10.8 Å². The summed E-state index contributed by atoms with van der Waals surface area (Å²) in [6.45, 7) is -1.43. The first-order valence-electron chi connectivity index (χ1n) is 5.28. The van der Waals surface area contributed by atoms with Gasteiger partial charge in [0.15, 0.2) is 10.3 Å². The number of carbonyl (C=O) groups is 2. The zero-order valence-electron chi connectivity index (χ0n) is 13.3. The van der Waals surface area contributed by atoms with Crippen molar-refractivity contribution >= 4 is 44.9 Å². The number of nitrogens with zero attached hydrogens (tertiary/aromatic N) is 2. The molecule has 13 nitrogen and oxygen atoms in total. The van der Waals surface area contributed by atoms with Crippen LogP contribution in [0.25, 0.3) is 11.4 Å². The van der Waals surface area contributed by atoms with Crippen LogP contribution in [0.15, 0.2) is 10.8 Å². The number of aromatic nitrogens is 2. The second-order valence-corrected chi connectivity index (χ2v) is 5.16. The number of rotatable bonds is 5. The Kier molecular flexibility index (Phi) is 25.1. The number of anilines is 2. The quantitative estimate of drug-likeness (QED) is 0.283. The van der Waals surface area contributed by atoms with Crippen LogP contribution in [0.3, 0.4) is 0 Å². The molecular formula is C10H19CdN4O9S2+. The van der Waals surface area contributed by atoms with Crippen molar-refractivity contribution in [1.82, 2.24) is 9.97 Å². The molecule has 2 aromatic rings. The van der Waals surface area contributed by atoms with Crippen molar-refractivity contribution in [3.63, 3.8) is 0 Å². The molecule has 0 aromatic carbocycles. The van der Waals surface area contributed by atoms with Crippen LogP contribution in [0.1, 0.15) is 0 Å². The molecule has 0 saturated carbocycles. The van der Waals surface area contributed by atoms with Crippen LogP contribution in [-0.2, 0) is 47.1 Å². The van der Waals surface area contributed by atoms with Crippen molar-refractivity contribution in [2.24, 2.45) is 0 Å². The monoisotopic (exact) mass is 517 g/mol. The number of carboxylic acid groups (broad SMARTS) is 2. The average Bonchev–Trinajstić information content (AvgIpc) is 2.98. The molecule has 2 aromatic heterocycles. The Morgan fingerprint density at radius 3 is 1.42 bits per heavy atom. The number of hydrogen-bond acceptors (Lipinski definition) is 11. The zero-order valence-corrected chi connectivity index (χ0v) is 18.9. The molecule has 0 radical (unpaired) electrons. The fourth-order valence-corrected chi connectivity index (χ4v) is 2.14. The van der Waals surface area contributed by atoms with Gasteiger partial charge < -0.3 is 57.9 Å². The van der Waals surface area contributed by atoms with Crippen LogP contribution in [0, 0.1) is 0 Å². The molecule has 13 N–H and O–H groups in total. The number of aliphatic carboxylic acids is 2. The molecule has 0 aliphatic rings. The molecule has 0 amide bonds. The van der Waals surface area contributed by atoms with E-state index in [-0.39, 0.29) is 49.2 Å². The summed E-state index contributed by atoms with van der Waals surface area (Å²) in [7, 11) is 0. The number of hydrogen-bond donors (Lipinski definition) is 2. The molecule has 16 heteroatoms. The number of ether oxygens (including phenoxy) is 1. The van der Waals surface area contributed by atoms with Gasteiger partial charge in [-0.05, 0) is 0 Å². The van der Waals surface area contributed by atoms with E-state index in [1.807, 2.05) is 10.8 Å². The predicted molar refractivity (Wildman–Crippen MR) is 88.6 cm³/mol. The predicted octanol–water partition coefficient (Wildman–Crippen LogP) is -5.46. The summed E-state index contributed by atoms with van der Waals surface area (Å²) in [5.74, 6) is -2.90. The van der Waals surface area contributed by atoms with E-state index in [1.165, 1.54) is 22.7 Å². The normalized spacial score (nSPS) is 7.85. The van der Waals surface area contributed by atoms with Crippen LogP contribution < -0.4 is 21.7 Å². The molecule has 0 fully saturated rings. The van der Waals surface area contributed by atoms with Crippen molar-refractivity contribution in [1.29, 1.82) is 0 Å². The van der Waals surface area contributed by atoms with E-state index in [0.717, 1.165) is 11.4 Å². The molecule has 0 aliphatic heterocycles. The van der Waals surface area contributed by atoms with Crippen LogP contribution in [-0.4, -0.2) is 51.5 Å². The first-order chi connectivity index (χ1) is 9.88. The minimum absolute atomic E-state index is 0. The molecule has 0 bridgehead atoms. The summed E-state index contributed by atoms with van der Waals surface area (Å²) in [4.78, 5) is 27.2. The van der Waals surface area contributed by atoms with Gasteiger partial charge in [-0.1, -0.05) is 0 Å². The maximum absolute atomic E-state index is 9.53. The maximum Gasteiger partial charge on any atom is 2.00 e. The topological polar surface area (TPSA) is 295 Å². The zero-order chi connectivity index (χ0) is 15.8. The largest absolute Gasteiger partial charge is 2.00 e. The van der Waals surface area contributed by atoms with E-state index < -0.39 is 25.2 Å². The molecule has 2 rings (SSSR count). The third-order valence-corrected chi connectivity index (χ3v) is 3.09. The molecular weight excluding hydrogens is 497 g/mol. The van der Waals surface area contributed by atoms with Gasteiger partial charge in [-0.3, -0.25) is 0 Å².